The molecule has 2 nitrogen and oxygen atoms in total. The van der Waals surface area contributed by atoms with E-state index in [2.05, 4.69) is 28.9 Å². The summed E-state index contributed by atoms with van der Waals surface area (Å²) in [5.74, 6) is 1.58. The van der Waals surface area contributed by atoms with Crippen molar-refractivity contribution in [2.75, 3.05) is 0 Å². The van der Waals surface area contributed by atoms with Crippen LogP contribution in [0.25, 0.3) is 0 Å². The van der Waals surface area contributed by atoms with Crippen LogP contribution >= 0.6 is 15.9 Å². The van der Waals surface area contributed by atoms with Gasteiger partial charge in [0.2, 0.25) is 0 Å². The highest BCUT2D eigenvalue weighted by atomic mass is 79.9. The van der Waals surface area contributed by atoms with E-state index in [1.165, 1.54) is 5.56 Å². The van der Waals surface area contributed by atoms with Crippen molar-refractivity contribution in [3.05, 3.63) is 57.6 Å². The summed E-state index contributed by atoms with van der Waals surface area (Å²) in [4.78, 5) is 11.3. The van der Waals surface area contributed by atoms with Gasteiger partial charge in [-0.2, -0.15) is 0 Å². The molecule has 2 rings (SSSR count). The van der Waals surface area contributed by atoms with Crippen LogP contribution < -0.4 is 4.74 Å². The molecule has 0 bridgehead atoms. The third-order valence-electron chi connectivity index (χ3n) is 3.11. The Kier molecular flexibility index (Phi) is 4.05. The molecule has 3 heteroatoms. The maximum Gasteiger partial charge on any atom is 0.159 e. The zero-order chi connectivity index (χ0) is 14.0. The van der Waals surface area contributed by atoms with Crippen LogP contribution in [-0.4, -0.2) is 5.78 Å². The number of halogens is 1. The molecule has 0 unspecified atom stereocenters. The van der Waals surface area contributed by atoms with E-state index in [-0.39, 0.29) is 5.78 Å². The first-order chi connectivity index (χ1) is 8.99. The minimum atomic E-state index is 0.0407. The lowest BCUT2D eigenvalue weighted by molar-refractivity contribution is 0.101. The van der Waals surface area contributed by atoms with Crippen molar-refractivity contribution in [1.82, 2.24) is 0 Å². The fourth-order valence-corrected chi connectivity index (χ4v) is 2.22. The van der Waals surface area contributed by atoms with Gasteiger partial charge in [0, 0.05) is 5.56 Å². The summed E-state index contributed by atoms with van der Waals surface area (Å²) in [6, 6.07) is 11.3. The Morgan fingerprint density at radius 2 is 1.84 bits per heavy atom. The van der Waals surface area contributed by atoms with Gasteiger partial charge in [-0.05, 0) is 72.1 Å². The Balaban J connectivity index is 2.34. The molecule has 0 fully saturated rings. The molecule has 98 valence electrons. The Morgan fingerprint density at radius 1 is 1.11 bits per heavy atom. The standard InChI is InChI=1S/C16H15BrO2/c1-10-5-4-6-15(11(10)2)19-16-8-7-13(12(3)18)9-14(16)17/h4-9H,1-3H3. The first kappa shape index (κ1) is 13.8. The summed E-state index contributed by atoms with van der Waals surface area (Å²) in [6.07, 6.45) is 0. The topological polar surface area (TPSA) is 26.3 Å². The smallest absolute Gasteiger partial charge is 0.159 e. The molecule has 0 aliphatic rings. The van der Waals surface area contributed by atoms with Crippen molar-refractivity contribution in [3.8, 4) is 11.5 Å². The van der Waals surface area contributed by atoms with Gasteiger partial charge in [-0.3, -0.25) is 4.79 Å². The molecule has 0 aliphatic heterocycles. The number of benzene rings is 2. The summed E-state index contributed by atoms with van der Waals surface area (Å²) in [6.45, 7) is 5.63. The molecule has 2 aromatic carbocycles. The van der Waals surface area contributed by atoms with E-state index >= 15 is 0 Å². The van der Waals surface area contributed by atoms with E-state index in [0.717, 1.165) is 15.8 Å². The van der Waals surface area contributed by atoms with Crippen molar-refractivity contribution in [1.29, 1.82) is 0 Å². The number of rotatable bonds is 3. The highest BCUT2D eigenvalue weighted by molar-refractivity contribution is 9.10. The van der Waals surface area contributed by atoms with Gasteiger partial charge in [-0.1, -0.05) is 12.1 Å². The van der Waals surface area contributed by atoms with Gasteiger partial charge in [0.1, 0.15) is 11.5 Å². The number of ketones is 1. The van der Waals surface area contributed by atoms with Gasteiger partial charge in [0.15, 0.2) is 5.78 Å². The second kappa shape index (κ2) is 5.57. The van der Waals surface area contributed by atoms with Gasteiger partial charge < -0.3 is 4.74 Å². The molecular formula is C16H15BrO2. The van der Waals surface area contributed by atoms with E-state index in [1.807, 2.05) is 25.1 Å². The number of Topliss-reactive ketones (excluding diaryl/α,β-unsaturated/α-hetero) is 1. The predicted molar refractivity (Wildman–Crippen MR) is 80.1 cm³/mol. The lowest BCUT2D eigenvalue weighted by atomic mass is 10.1. The predicted octanol–water partition coefficient (Wildman–Crippen LogP) is 5.06. The van der Waals surface area contributed by atoms with Crippen LogP contribution in [0, 0.1) is 13.8 Å². The second-order valence-electron chi connectivity index (χ2n) is 4.50. The minimum absolute atomic E-state index is 0.0407. The summed E-state index contributed by atoms with van der Waals surface area (Å²) in [5.41, 5.74) is 2.97. The molecule has 0 saturated heterocycles. The summed E-state index contributed by atoms with van der Waals surface area (Å²) >= 11 is 3.44. The number of ether oxygens (including phenoxy) is 1. The number of hydrogen-bond donors (Lipinski definition) is 0. The van der Waals surface area contributed by atoms with Crippen LogP contribution in [0.3, 0.4) is 0 Å². The maximum absolute atomic E-state index is 11.3. The van der Waals surface area contributed by atoms with Crippen molar-refractivity contribution in [2.45, 2.75) is 20.8 Å². The largest absolute Gasteiger partial charge is 0.456 e. The maximum atomic E-state index is 11.3. The van der Waals surface area contributed by atoms with E-state index < -0.39 is 0 Å². The molecule has 0 aromatic heterocycles. The van der Waals surface area contributed by atoms with Gasteiger partial charge in [-0.15, -0.1) is 0 Å². The van der Waals surface area contributed by atoms with Crippen LogP contribution in [0.1, 0.15) is 28.4 Å². The molecule has 2 aromatic rings. The van der Waals surface area contributed by atoms with Crippen LogP contribution in [0.5, 0.6) is 11.5 Å². The summed E-state index contributed by atoms with van der Waals surface area (Å²) in [7, 11) is 0. The van der Waals surface area contributed by atoms with Gasteiger partial charge >= 0.3 is 0 Å². The fourth-order valence-electron chi connectivity index (χ4n) is 1.76. The first-order valence-corrected chi connectivity index (χ1v) is 6.83. The van der Waals surface area contributed by atoms with E-state index in [9.17, 15) is 4.79 Å². The zero-order valence-corrected chi connectivity index (χ0v) is 12.7. The van der Waals surface area contributed by atoms with Crippen LogP contribution in [0.2, 0.25) is 0 Å². The molecule has 0 aliphatic carbocycles. The Hall–Kier alpha value is -1.61. The average molecular weight is 319 g/mol. The van der Waals surface area contributed by atoms with Gasteiger partial charge in [0.25, 0.3) is 0 Å². The second-order valence-corrected chi connectivity index (χ2v) is 5.36. The van der Waals surface area contributed by atoms with Crippen molar-refractivity contribution in [3.63, 3.8) is 0 Å². The van der Waals surface area contributed by atoms with Crippen molar-refractivity contribution < 1.29 is 9.53 Å². The first-order valence-electron chi connectivity index (χ1n) is 6.03. The molecule has 0 heterocycles. The Bertz CT molecular complexity index is 633. The highest BCUT2D eigenvalue weighted by Gasteiger charge is 2.08. The third kappa shape index (κ3) is 3.04. The minimum Gasteiger partial charge on any atom is -0.456 e. The summed E-state index contributed by atoms with van der Waals surface area (Å²) in [5, 5.41) is 0. The lowest BCUT2D eigenvalue weighted by Crippen LogP contribution is -1.94. The Morgan fingerprint density at radius 3 is 2.47 bits per heavy atom. The number of aryl methyl sites for hydroxylation is 1. The molecular weight excluding hydrogens is 304 g/mol. The molecule has 19 heavy (non-hydrogen) atoms. The van der Waals surface area contributed by atoms with Crippen LogP contribution in [0.15, 0.2) is 40.9 Å². The molecule has 0 spiro atoms. The normalized spacial score (nSPS) is 10.3. The third-order valence-corrected chi connectivity index (χ3v) is 3.73. The number of carbonyl (C=O) groups is 1. The van der Waals surface area contributed by atoms with Gasteiger partial charge in [0.05, 0.1) is 4.47 Å². The monoisotopic (exact) mass is 318 g/mol. The van der Waals surface area contributed by atoms with Gasteiger partial charge in [-0.25, -0.2) is 0 Å². The number of hydrogen-bond acceptors (Lipinski definition) is 2. The molecule has 0 saturated carbocycles. The van der Waals surface area contributed by atoms with Crippen molar-refractivity contribution in [2.24, 2.45) is 0 Å². The van der Waals surface area contributed by atoms with E-state index in [0.29, 0.717) is 11.3 Å². The average Bonchev–Trinajstić information content (AvgIpc) is 2.37. The fraction of sp³-hybridized carbons (Fsp3) is 0.188. The lowest BCUT2D eigenvalue weighted by Gasteiger charge is -2.12. The SMILES string of the molecule is CC(=O)c1ccc(Oc2cccc(C)c2C)c(Br)c1. The van der Waals surface area contributed by atoms with Crippen molar-refractivity contribution >= 4 is 21.7 Å². The van der Waals surface area contributed by atoms with Crippen LogP contribution in [-0.2, 0) is 0 Å². The quantitative estimate of drug-likeness (QED) is 0.739. The Labute approximate surface area is 121 Å². The van der Waals surface area contributed by atoms with E-state index in [4.69, 9.17) is 4.74 Å². The summed E-state index contributed by atoms with van der Waals surface area (Å²) < 4.78 is 6.68. The molecule has 0 radical (unpaired) electrons. The highest BCUT2D eigenvalue weighted by Crippen LogP contribution is 2.32. The van der Waals surface area contributed by atoms with E-state index in [1.54, 1.807) is 19.1 Å². The zero-order valence-electron chi connectivity index (χ0n) is 11.2. The molecule has 0 atom stereocenters. The molecule has 0 N–H and O–H groups in total. The molecule has 0 amide bonds. The number of carbonyl (C=O) groups excluding carboxylic acids is 1. The van der Waals surface area contributed by atoms with Crippen LogP contribution in [0.4, 0.5) is 0 Å².